The van der Waals surface area contributed by atoms with E-state index in [-0.39, 0.29) is 16.2 Å². The normalized spacial score (nSPS) is 14.6. The summed E-state index contributed by atoms with van der Waals surface area (Å²) in [4.78, 5) is 47.2. The molecule has 0 spiro atoms. The van der Waals surface area contributed by atoms with Crippen LogP contribution < -0.4 is 0 Å². The van der Waals surface area contributed by atoms with E-state index in [9.17, 15) is 19.2 Å². The molecule has 0 aromatic heterocycles. The van der Waals surface area contributed by atoms with Crippen LogP contribution in [0, 0.1) is 5.92 Å². The zero-order valence-electron chi connectivity index (χ0n) is 10.9. The number of benzene rings is 1. The number of allylic oxidation sites excluding steroid dienone is 2. The summed E-state index contributed by atoms with van der Waals surface area (Å²) in [5.74, 6) is -3.56. The lowest BCUT2D eigenvalue weighted by Crippen LogP contribution is -2.29. The second kappa shape index (κ2) is 5.13. The highest BCUT2D eigenvalue weighted by Crippen LogP contribution is 2.37. The smallest absolute Gasteiger partial charge is 0.245 e. The van der Waals surface area contributed by atoms with E-state index in [1.54, 1.807) is 18.2 Å². The van der Waals surface area contributed by atoms with Gasteiger partial charge in [0.2, 0.25) is 11.6 Å². The molecule has 20 heavy (non-hydrogen) atoms. The molecular weight excluding hydrogens is 280 g/mol. The molecule has 4 nitrogen and oxygen atoms in total. The van der Waals surface area contributed by atoms with Crippen molar-refractivity contribution in [3.05, 3.63) is 40.4 Å². The Morgan fingerprint density at radius 2 is 1.45 bits per heavy atom. The maximum atomic E-state index is 11.9. The molecule has 0 saturated carbocycles. The van der Waals surface area contributed by atoms with Gasteiger partial charge in [0.25, 0.3) is 0 Å². The predicted octanol–water partition coefficient (Wildman–Crippen LogP) is 2.20. The number of halogens is 1. The largest absolute Gasteiger partial charge is 0.299 e. The first-order chi connectivity index (χ1) is 9.36. The topological polar surface area (TPSA) is 68.3 Å². The van der Waals surface area contributed by atoms with E-state index in [0.29, 0.717) is 5.56 Å². The molecule has 0 N–H and O–H groups in total. The van der Waals surface area contributed by atoms with Crippen molar-refractivity contribution >= 4 is 40.3 Å². The van der Waals surface area contributed by atoms with E-state index in [2.05, 4.69) is 0 Å². The van der Waals surface area contributed by atoms with Crippen LogP contribution in [0.5, 0.6) is 0 Å². The van der Waals surface area contributed by atoms with Gasteiger partial charge in [-0.1, -0.05) is 35.9 Å². The number of fused-ring (bicyclic) bond motifs is 1. The van der Waals surface area contributed by atoms with Gasteiger partial charge in [0.1, 0.15) is 17.5 Å². The molecule has 0 atom stereocenters. The van der Waals surface area contributed by atoms with Crippen LogP contribution in [0.2, 0.25) is 0 Å². The summed E-state index contributed by atoms with van der Waals surface area (Å²) in [5, 5.41) is -0.343. The Morgan fingerprint density at radius 1 is 0.950 bits per heavy atom. The van der Waals surface area contributed by atoms with E-state index in [4.69, 9.17) is 11.6 Å². The maximum absolute atomic E-state index is 11.9. The number of carbonyl (C=O) groups is 4. The summed E-state index contributed by atoms with van der Waals surface area (Å²) in [6, 6.07) is 6.33. The fourth-order valence-corrected chi connectivity index (χ4v) is 2.65. The van der Waals surface area contributed by atoms with Crippen LogP contribution in [0.1, 0.15) is 29.8 Å². The van der Waals surface area contributed by atoms with E-state index in [0.717, 1.165) is 0 Å². The summed E-state index contributed by atoms with van der Waals surface area (Å²) in [6.07, 6.45) is 0. The van der Waals surface area contributed by atoms with Gasteiger partial charge in [-0.15, -0.1) is 0 Å². The minimum Gasteiger partial charge on any atom is -0.299 e. The predicted molar refractivity (Wildman–Crippen MR) is 73.4 cm³/mol. The van der Waals surface area contributed by atoms with Gasteiger partial charge in [-0.25, -0.2) is 0 Å². The molecule has 1 aliphatic carbocycles. The number of hydrogen-bond donors (Lipinski definition) is 0. The highest BCUT2D eigenvalue weighted by molar-refractivity contribution is 6.64. The zero-order valence-corrected chi connectivity index (χ0v) is 11.7. The summed E-state index contributed by atoms with van der Waals surface area (Å²) >= 11 is 5.94. The monoisotopic (exact) mass is 290 g/mol. The number of rotatable bonds is 3. The average Bonchev–Trinajstić information content (AvgIpc) is 2.40. The number of Topliss-reactive ketones (excluding diaryl/α,β-unsaturated/α-hetero) is 4. The molecule has 0 bridgehead atoms. The Labute approximate surface area is 120 Å². The summed E-state index contributed by atoms with van der Waals surface area (Å²) in [7, 11) is 0. The fourth-order valence-electron chi connectivity index (χ4n) is 2.35. The van der Waals surface area contributed by atoms with E-state index in [1.807, 2.05) is 0 Å². The Bertz CT molecular complexity index is 671. The van der Waals surface area contributed by atoms with Gasteiger partial charge in [-0.3, -0.25) is 19.2 Å². The van der Waals surface area contributed by atoms with E-state index in [1.165, 1.54) is 19.9 Å². The van der Waals surface area contributed by atoms with Crippen LogP contribution in [0.4, 0.5) is 0 Å². The second-order valence-corrected chi connectivity index (χ2v) is 4.96. The van der Waals surface area contributed by atoms with Crippen LogP contribution in [-0.4, -0.2) is 23.1 Å². The van der Waals surface area contributed by atoms with Crippen molar-refractivity contribution in [3.63, 3.8) is 0 Å². The van der Waals surface area contributed by atoms with Crippen molar-refractivity contribution in [2.24, 2.45) is 5.92 Å². The molecule has 0 amide bonds. The van der Waals surface area contributed by atoms with Crippen LogP contribution >= 0.6 is 11.6 Å². The van der Waals surface area contributed by atoms with Gasteiger partial charge in [-0.2, -0.15) is 0 Å². The molecule has 1 aromatic rings. The SMILES string of the molecule is CC(=O)C(C(C)=O)C1=C(Cl)C(=O)C(=O)c2ccccc21. The highest BCUT2D eigenvalue weighted by Gasteiger charge is 2.38. The van der Waals surface area contributed by atoms with Crippen LogP contribution in [0.3, 0.4) is 0 Å². The van der Waals surface area contributed by atoms with Gasteiger partial charge in [-0.05, 0) is 19.4 Å². The quantitative estimate of drug-likeness (QED) is 0.632. The maximum Gasteiger partial charge on any atom is 0.245 e. The van der Waals surface area contributed by atoms with Gasteiger partial charge in [0.05, 0.1) is 5.03 Å². The number of hydrogen-bond acceptors (Lipinski definition) is 4. The van der Waals surface area contributed by atoms with Crippen LogP contribution in [-0.2, 0) is 14.4 Å². The standard InChI is InChI=1S/C15H11ClO4/c1-7(17)11(8(2)18)12-9-5-3-4-6-10(9)14(19)15(20)13(12)16/h3-6,11H,1-2H3. The lowest BCUT2D eigenvalue weighted by molar-refractivity contribution is -0.127. The van der Waals surface area contributed by atoms with E-state index < -0.39 is 29.1 Å². The Kier molecular flexibility index (Phi) is 3.68. The first-order valence-corrected chi connectivity index (χ1v) is 6.33. The fraction of sp³-hybridized carbons (Fsp3) is 0.200. The Hall–Kier alpha value is -2.07. The molecule has 0 fully saturated rings. The van der Waals surface area contributed by atoms with Crippen LogP contribution in [0.15, 0.2) is 29.3 Å². The Balaban J connectivity index is 2.78. The van der Waals surface area contributed by atoms with Crippen molar-refractivity contribution in [2.75, 3.05) is 0 Å². The summed E-state index contributed by atoms with van der Waals surface area (Å²) < 4.78 is 0. The lowest BCUT2D eigenvalue weighted by atomic mass is 9.79. The van der Waals surface area contributed by atoms with Crippen molar-refractivity contribution in [2.45, 2.75) is 13.8 Å². The first-order valence-electron chi connectivity index (χ1n) is 5.95. The molecule has 1 aliphatic rings. The molecule has 102 valence electrons. The molecular formula is C15H11ClO4. The molecule has 0 radical (unpaired) electrons. The Morgan fingerprint density at radius 3 is 1.95 bits per heavy atom. The van der Waals surface area contributed by atoms with Crippen molar-refractivity contribution in [1.82, 2.24) is 0 Å². The molecule has 2 rings (SSSR count). The average molecular weight is 291 g/mol. The van der Waals surface area contributed by atoms with E-state index >= 15 is 0 Å². The number of ketones is 4. The molecule has 5 heteroatoms. The number of carbonyl (C=O) groups excluding carboxylic acids is 4. The summed E-state index contributed by atoms with van der Waals surface area (Å²) in [6.45, 7) is 2.51. The third-order valence-corrected chi connectivity index (χ3v) is 3.58. The van der Waals surface area contributed by atoms with Crippen molar-refractivity contribution < 1.29 is 19.2 Å². The zero-order chi connectivity index (χ0) is 15.0. The third-order valence-electron chi connectivity index (χ3n) is 3.21. The molecule has 0 heterocycles. The summed E-state index contributed by atoms with van der Waals surface area (Å²) in [5.41, 5.74) is 0.675. The second-order valence-electron chi connectivity index (χ2n) is 4.59. The van der Waals surface area contributed by atoms with Crippen LogP contribution in [0.25, 0.3) is 5.57 Å². The first kappa shape index (κ1) is 14.3. The minimum absolute atomic E-state index is 0.131. The molecule has 0 aliphatic heterocycles. The van der Waals surface area contributed by atoms with Gasteiger partial charge < -0.3 is 0 Å². The third kappa shape index (κ3) is 2.12. The van der Waals surface area contributed by atoms with Gasteiger partial charge in [0, 0.05) is 11.1 Å². The van der Waals surface area contributed by atoms with Gasteiger partial charge in [0.15, 0.2) is 0 Å². The molecule has 1 aromatic carbocycles. The minimum atomic E-state index is -1.12. The van der Waals surface area contributed by atoms with Crippen molar-refractivity contribution in [3.8, 4) is 0 Å². The molecule has 0 unspecified atom stereocenters. The molecule has 0 saturated heterocycles. The lowest BCUT2D eigenvalue weighted by Gasteiger charge is -2.22. The van der Waals surface area contributed by atoms with Gasteiger partial charge >= 0.3 is 0 Å². The van der Waals surface area contributed by atoms with Crippen molar-refractivity contribution in [1.29, 1.82) is 0 Å². The highest BCUT2D eigenvalue weighted by atomic mass is 35.5.